The van der Waals surface area contributed by atoms with Crippen LogP contribution in [0.4, 0.5) is 0 Å². The minimum Gasteiger partial charge on any atom is -0.306 e. The van der Waals surface area contributed by atoms with Crippen molar-refractivity contribution in [1.82, 2.24) is 5.32 Å². The maximum atomic E-state index is 3.98. The Labute approximate surface area is 124 Å². The molecule has 0 heterocycles. The first kappa shape index (κ1) is 14.1. The summed E-state index contributed by atoms with van der Waals surface area (Å²) in [4.78, 5) is 0. The Morgan fingerprint density at radius 3 is 2.60 bits per heavy atom. The molecule has 1 aromatic carbocycles. The van der Waals surface area contributed by atoms with Crippen LogP contribution in [0.3, 0.4) is 0 Å². The molecule has 2 aliphatic rings. The predicted octanol–water partition coefficient (Wildman–Crippen LogP) is 4.86. The van der Waals surface area contributed by atoms with Crippen molar-refractivity contribution in [3.8, 4) is 0 Å². The van der Waals surface area contributed by atoms with Crippen molar-refractivity contribution in [1.29, 1.82) is 0 Å². The lowest BCUT2D eigenvalue weighted by atomic mass is 9.68. The molecule has 0 amide bonds. The van der Waals surface area contributed by atoms with E-state index in [4.69, 9.17) is 0 Å². The Hall–Kier alpha value is -0.820. The highest BCUT2D eigenvalue weighted by atomic mass is 15.0. The Bertz CT molecular complexity index is 499. The van der Waals surface area contributed by atoms with Gasteiger partial charge in [-0.05, 0) is 55.4 Å². The van der Waals surface area contributed by atoms with Crippen molar-refractivity contribution in [2.24, 2.45) is 16.7 Å². The lowest BCUT2D eigenvalue weighted by Gasteiger charge is -2.44. The second kappa shape index (κ2) is 4.59. The lowest BCUT2D eigenvalue weighted by Crippen LogP contribution is -2.50. The van der Waals surface area contributed by atoms with Crippen LogP contribution < -0.4 is 5.32 Å². The standard InChI is InChI=1S/C19H29N/c1-13-7-6-8-15(11-13)14(2)20-17-18(3,4)16-9-10-19(17,5)12-16/h6-8,11,14,16-17,20H,9-10,12H2,1-5H3/t14-,16-,17?,19+/m0/s1. The lowest BCUT2D eigenvalue weighted by molar-refractivity contribution is 0.100. The van der Waals surface area contributed by atoms with Gasteiger partial charge in [0.15, 0.2) is 0 Å². The third kappa shape index (κ3) is 2.11. The molecule has 2 bridgehead atoms. The second-order valence-electron chi connectivity index (χ2n) is 8.15. The minimum atomic E-state index is 0.436. The summed E-state index contributed by atoms with van der Waals surface area (Å²) in [5.74, 6) is 0.912. The van der Waals surface area contributed by atoms with Gasteiger partial charge < -0.3 is 5.32 Å². The van der Waals surface area contributed by atoms with Crippen molar-refractivity contribution >= 4 is 0 Å². The van der Waals surface area contributed by atoms with Crippen LogP contribution in [-0.4, -0.2) is 6.04 Å². The zero-order chi connectivity index (χ0) is 14.5. The molecule has 1 aromatic rings. The van der Waals surface area contributed by atoms with Gasteiger partial charge in [-0.25, -0.2) is 0 Å². The zero-order valence-electron chi connectivity index (χ0n) is 13.7. The molecule has 1 unspecified atom stereocenters. The average Bonchev–Trinajstić information content (AvgIpc) is 2.85. The van der Waals surface area contributed by atoms with Gasteiger partial charge in [-0.1, -0.05) is 50.6 Å². The zero-order valence-corrected chi connectivity index (χ0v) is 13.7. The Balaban J connectivity index is 1.80. The van der Waals surface area contributed by atoms with Crippen molar-refractivity contribution in [3.63, 3.8) is 0 Å². The average molecular weight is 271 g/mol. The number of rotatable bonds is 3. The van der Waals surface area contributed by atoms with Gasteiger partial charge in [-0.3, -0.25) is 0 Å². The summed E-state index contributed by atoms with van der Waals surface area (Å²) >= 11 is 0. The number of hydrogen-bond acceptors (Lipinski definition) is 1. The maximum absolute atomic E-state index is 3.98. The molecular formula is C19H29N. The molecule has 2 saturated carbocycles. The van der Waals surface area contributed by atoms with E-state index >= 15 is 0 Å². The van der Waals surface area contributed by atoms with E-state index in [-0.39, 0.29) is 0 Å². The van der Waals surface area contributed by atoms with Crippen LogP contribution in [0.5, 0.6) is 0 Å². The fourth-order valence-corrected chi connectivity index (χ4v) is 5.00. The summed E-state index contributed by atoms with van der Waals surface area (Å²) in [7, 11) is 0. The summed E-state index contributed by atoms with van der Waals surface area (Å²) < 4.78 is 0. The predicted molar refractivity (Wildman–Crippen MR) is 85.7 cm³/mol. The molecule has 0 spiro atoms. The topological polar surface area (TPSA) is 12.0 Å². The monoisotopic (exact) mass is 271 g/mol. The van der Waals surface area contributed by atoms with Crippen LogP contribution in [0.1, 0.15) is 64.1 Å². The van der Waals surface area contributed by atoms with Crippen LogP contribution >= 0.6 is 0 Å². The largest absolute Gasteiger partial charge is 0.306 e. The molecule has 2 aliphatic carbocycles. The van der Waals surface area contributed by atoms with Gasteiger partial charge in [-0.2, -0.15) is 0 Å². The molecule has 0 aromatic heterocycles. The molecule has 20 heavy (non-hydrogen) atoms. The first-order valence-electron chi connectivity index (χ1n) is 8.15. The molecule has 1 N–H and O–H groups in total. The first-order chi connectivity index (χ1) is 9.33. The van der Waals surface area contributed by atoms with Gasteiger partial charge in [0.2, 0.25) is 0 Å². The van der Waals surface area contributed by atoms with Crippen LogP contribution in [0.25, 0.3) is 0 Å². The molecule has 4 atom stereocenters. The molecule has 0 aliphatic heterocycles. The minimum absolute atomic E-state index is 0.436. The van der Waals surface area contributed by atoms with E-state index in [0.717, 1.165) is 5.92 Å². The summed E-state index contributed by atoms with van der Waals surface area (Å²) in [6.45, 7) is 12.0. The van der Waals surface area contributed by atoms with Gasteiger partial charge in [-0.15, -0.1) is 0 Å². The van der Waals surface area contributed by atoms with E-state index in [1.807, 2.05) is 0 Å². The second-order valence-corrected chi connectivity index (χ2v) is 8.15. The molecule has 3 rings (SSSR count). The molecule has 1 heteroatoms. The number of benzene rings is 1. The van der Waals surface area contributed by atoms with E-state index in [2.05, 4.69) is 64.2 Å². The third-order valence-corrected chi connectivity index (χ3v) is 6.23. The smallest absolute Gasteiger partial charge is 0.0294 e. The van der Waals surface area contributed by atoms with Crippen molar-refractivity contribution in [2.45, 2.75) is 66.0 Å². The Morgan fingerprint density at radius 1 is 1.25 bits per heavy atom. The van der Waals surface area contributed by atoms with Gasteiger partial charge in [0, 0.05) is 12.1 Å². The first-order valence-corrected chi connectivity index (χ1v) is 8.15. The van der Waals surface area contributed by atoms with Gasteiger partial charge in [0.05, 0.1) is 0 Å². The fourth-order valence-electron chi connectivity index (χ4n) is 5.00. The summed E-state index contributed by atoms with van der Waals surface area (Å²) in [6.07, 6.45) is 4.25. The number of nitrogens with one attached hydrogen (secondary N) is 1. The van der Waals surface area contributed by atoms with Gasteiger partial charge >= 0.3 is 0 Å². The fraction of sp³-hybridized carbons (Fsp3) is 0.684. The highest BCUT2D eigenvalue weighted by Gasteiger charge is 2.59. The highest BCUT2D eigenvalue weighted by molar-refractivity contribution is 5.25. The molecule has 1 nitrogen and oxygen atoms in total. The van der Waals surface area contributed by atoms with E-state index in [0.29, 0.717) is 22.9 Å². The highest BCUT2D eigenvalue weighted by Crippen LogP contribution is 2.62. The number of aryl methyl sites for hydroxylation is 1. The van der Waals surface area contributed by atoms with Crippen LogP contribution in [0.15, 0.2) is 24.3 Å². The maximum Gasteiger partial charge on any atom is 0.0294 e. The Morgan fingerprint density at radius 2 is 2.00 bits per heavy atom. The molecule has 0 radical (unpaired) electrons. The number of hydrogen-bond donors (Lipinski definition) is 1. The molecule has 110 valence electrons. The van der Waals surface area contributed by atoms with E-state index < -0.39 is 0 Å². The van der Waals surface area contributed by atoms with Gasteiger partial charge in [0.25, 0.3) is 0 Å². The van der Waals surface area contributed by atoms with E-state index in [1.54, 1.807) is 0 Å². The summed E-state index contributed by atoms with van der Waals surface area (Å²) in [5.41, 5.74) is 3.72. The van der Waals surface area contributed by atoms with Gasteiger partial charge in [0.1, 0.15) is 0 Å². The quantitative estimate of drug-likeness (QED) is 0.827. The van der Waals surface area contributed by atoms with E-state index in [9.17, 15) is 0 Å². The normalized spacial score (nSPS) is 36.2. The van der Waals surface area contributed by atoms with Crippen LogP contribution in [0, 0.1) is 23.7 Å². The van der Waals surface area contributed by atoms with Crippen LogP contribution in [-0.2, 0) is 0 Å². The number of fused-ring (bicyclic) bond motifs is 2. The SMILES string of the molecule is Cc1cccc([C@H](C)NC2C(C)(C)[C@H]3CC[C@]2(C)C3)c1. The summed E-state index contributed by atoms with van der Waals surface area (Å²) in [6, 6.07) is 10.0. The van der Waals surface area contributed by atoms with Crippen molar-refractivity contribution in [3.05, 3.63) is 35.4 Å². The van der Waals surface area contributed by atoms with E-state index in [1.165, 1.54) is 30.4 Å². The Kier molecular flexibility index (Phi) is 3.25. The molecular weight excluding hydrogens is 242 g/mol. The third-order valence-electron chi connectivity index (χ3n) is 6.23. The van der Waals surface area contributed by atoms with Crippen molar-refractivity contribution < 1.29 is 0 Å². The summed E-state index contributed by atoms with van der Waals surface area (Å²) in [5, 5.41) is 3.98. The molecule has 2 fully saturated rings. The van der Waals surface area contributed by atoms with Crippen LogP contribution in [0.2, 0.25) is 0 Å². The molecule has 0 saturated heterocycles. The van der Waals surface area contributed by atoms with Crippen molar-refractivity contribution in [2.75, 3.05) is 0 Å².